The smallest absolute Gasteiger partial charge is 0.233 e. The molecule has 0 bridgehead atoms. The average molecular weight is 386 g/mol. The maximum Gasteiger partial charge on any atom is 0.233 e. The molecule has 1 heterocycles. The molecule has 1 aliphatic rings. The van der Waals surface area contributed by atoms with Gasteiger partial charge in [-0.05, 0) is 41.2 Å². The maximum absolute atomic E-state index is 12.5. The number of hydrogen-bond donors (Lipinski definition) is 0. The lowest BCUT2D eigenvalue weighted by Gasteiger charge is -2.25. The monoisotopic (exact) mass is 385 g/mol. The number of rotatable bonds is 7. The molecule has 1 aliphatic heterocycles. The summed E-state index contributed by atoms with van der Waals surface area (Å²) in [7, 11) is 3.29. The Morgan fingerprint density at radius 3 is 2.26 bits per heavy atom. The zero-order chi connectivity index (χ0) is 19.4. The minimum Gasteiger partial charge on any atom is -0.497 e. The van der Waals surface area contributed by atoms with E-state index in [1.807, 2.05) is 23.1 Å². The van der Waals surface area contributed by atoms with Crippen molar-refractivity contribution in [3.8, 4) is 11.5 Å². The van der Waals surface area contributed by atoms with Gasteiger partial charge in [-0.3, -0.25) is 4.79 Å². The second kappa shape index (κ2) is 8.70. The molecule has 0 unspecified atom stereocenters. The summed E-state index contributed by atoms with van der Waals surface area (Å²) in [5, 5.41) is -0.00330. The van der Waals surface area contributed by atoms with Crippen molar-refractivity contribution < 1.29 is 14.3 Å². The minimum atomic E-state index is -0.00330. The van der Waals surface area contributed by atoms with Crippen molar-refractivity contribution >= 4 is 17.7 Å². The van der Waals surface area contributed by atoms with E-state index in [0.717, 1.165) is 23.5 Å². The fraction of sp³-hybridized carbons (Fsp3) is 0.409. The summed E-state index contributed by atoms with van der Waals surface area (Å²) >= 11 is 1.66. The van der Waals surface area contributed by atoms with E-state index < -0.39 is 0 Å². The molecular weight excluding hydrogens is 358 g/mol. The van der Waals surface area contributed by atoms with Crippen molar-refractivity contribution in [3.05, 3.63) is 59.2 Å². The van der Waals surface area contributed by atoms with E-state index in [0.29, 0.717) is 18.2 Å². The van der Waals surface area contributed by atoms with Crippen LogP contribution < -0.4 is 9.47 Å². The van der Waals surface area contributed by atoms with Gasteiger partial charge in [0.25, 0.3) is 0 Å². The fourth-order valence-corrected chi connectivity index (χ4v) is 4.46. The predicted octanol–water partition coefficient (Wildman–Crippen LogP) is 4.64. The first-order valence-corrected chi connectivity index (χ1v) is 10.3. The Kier molecular flexibility index (Phi) is 6.32. The molecule has 0 radical (unpaired) electrons. The highest BCUT2D eigenvalue weighted by Gasteiger charge is 2.33. The number of methoxy groups -OCH3 is 2. The first-order valence-electron chi connectivity index (χ1n) is 9.24. The third-order valence-electron chi connectivity index (χ3n) is 4.91. The number of amides is 1. The lowest BCUT2D eigenvalue weighted by atomic mass is 10.0. The maximum atomic E-state index is 12.5. The van der Waals surface area contributed by atoms with E-state index in [-0.39, 0.29) is 11.3 Å². The van der Waals surface area contributed by atoms with Crippen molar-refractivity contribution in [2.45, 2.75) is 31.6 Å². The van der Waals surface area contributed by atoms with E-state index in [9.17, 15) is 4.79 Å². The summed E-state index contributed by atoms with van der Waals surface area (Å²) in [4.78, 5) is 14.4. The van der Waals surface area contributed by atoms with Crippen LogP contribution in [-0.2, 0) is 11.2 Å². The Bertz CT molecular complexity index is 766. The molecule has 0 aliphatic carbocycles. The quantitative estimate of drug-likeness (QED) is 0.696. The predicted molar refractivity (Wildman–Crippen MR) is 111 cm³/mol. The first kappa shape index (κ1) is 19.6. The second-order valence-electron chi connectivity index (χ2n) is 7.04. The SMILES string of the molecule is COc1cc(OC)cc([C@H]2SCC(=O)N2CCc2ccc(C(C)C)cc2)c1. The zero-order valence-electron chi connectivity index (χ0n) is 16.4. The number of nitrogens with zero attached hydrogens (tertiary/aromatic N) is 1. The molecule has 0 spiro atoms. The number of benzene rings is 2. The van der Waals surface area contributed by atoms with Crippen LogP contribution in [0.3, 0.4) is 0 Å². The molecule has 0 N–H and O–H groups in total. The van der Waals surface area contributed by atoms with Crippen LogP contribution in [0.4, 0.5) is 0 Å². The van der Waals surface area contributed by atoms with Crippen LogP contribution in [0.15, 0.2) is 42.5 Å². The summed E-state index contributed by atoms with van der Waals surface area (Å²) in [6.45, 7) is 5.10. The van der Waals surface area contributed by atoms with Crippen molar-refractivity contribution in [3.63, 3.8) is 0 Å². The lowest BCUT2D eigenvalue weighted by molar-refractivity contribution is -0.128. The Balaban J connectivity index is 1.74. The number of carbonyl (C=O) groups excluding carboxylic acids is 1. The molecule has 0 aromatic heterocycles. The Morgan fingerprint density at radius 2 is 1.70 bits per heavy atom. The molecule has 144 valence electrons. The highest BCUT2D eigenvalue weighted by Crippen LogP contribution is 2.41. The lowest BCUT2D eigenvalue weighted by Crippen LogP contribution is -2.30. The Hall–Kier alpha value is -2.14. The van der Waals surface area contributed by atoms with Gasteiger partial charge in [-0.1, -0.05) is 38.1 Å². The van der Waals surface area contributed by atoms with Gasteiger partial charge in [-0.15, -0.1) is 11.8 Å². The van der Waals surface area contributed by atoms with Crippen LogP contribution in [0.2, 0.25) is 0 Å². The van der Waals surface area contributed by atoms with Crippen LogP contribution in [0.5, 0.6) is 11.5 Å². The average Bonchev–Trinajstić information content (AvgIpc) is 3.06. The van der Waals surface area contributed by atoms with Crippen LogP contribution in [0.1, 0.15) is 41.8 Å². The third-order valence-corrected chi connectivity index (χ3v) is 6.17. The van der Waals surface area contributed by atoms with Gasteiger partial charge in [0.15, 0.2) is 0 Å². The Morgan fingerprint density at radius 1 is 1.07 bits per heavy atom. The number of ether oxygens (including phenoxy) is 2. The molecule has 1 fully saturated rings. The summed E-state index contributed by atoms with van der Waals surface area (Å²) in [6, 6.07) is 14.5. The van der Waals surface area contributed by atoms with Gasteiger partial charge in [0.2, 0.25) is 5.91 Å². The summed E-state index contributed by atoms with van der Waals surface area (Å²) in [5.74, 6) is 2.71. The molecule has 2 aromatic carbocycles. The van der Waals surface area contributed by atoms with Gasteiger partial charge in [0, 0.05) is 12.6 Å². The highest BCUT2D eigenvalue weighted by molar-refractivity contribution is 8.00. The molecular formula is C22H27NO3S. The van der Waals surface area contributed by atoms with Gasteiger partial charge in [0.1, 0.15) is 16.9 Å². The number of hydrogen-bond acceptors (Lipinski definition) is 4. The topological polar surface area (TPSA) is 38.8 Å². The van der Waals surface area contributed by atoms with E-state index in [2.05, 4.69) is 38.1 Å². The molecule has 5 heteroatoms. The fourth-order valence-electron chi connectivity index (χ4n) is 3.26. The molecule has 1 atom stereocenters. The minimum absolute atomic E-state index is 0.00330. The van der Waals surface area contributed by atoms with Crippen LogP contribution in [0, 0.1) is 0 Å². The van der Waals surface area contributed by atoms with Crippen molar-refractivity contribution in [1.82, 2.24) is 4.90 Å². The molecule has 3 rings (SSSR count). The highest BCUT2D eigenvalue weighted by atomic mass is 32.2. The van der Waals surface area contributed by atoms with Crippen LogP contribution >= 0.6 is 11.8 Å². The second-order valence-corrected chi connectivity index (χ2v) is 8.11. The van der Waals surface area contributed by atoms with Crippen molar-refractivity contribution in [1.29, 1.82) is 0 Å². The van der Waals surface area contributed by atoms with Gasteiger partial charge >= 0.3 is 0 Å². The zero-order valence-corrected chi connectivity index (χ0v) is 17.2. The number of thioether (sulfide) groups is 1. The molecule has 1 saturated heterocycles. The van der Waals surface area contributed by atoms with E-state index in [1.54, 1.807) is 26.0 Å². The molecule has 2 aromatic rings. The molecule has 0 saturated carbocycles. The molecule has 1 amide bonds. The van der Waals surface area contributed by atoms with E-state index in [4.69, 9.17) is 9.47 Å². The Labute approximate surface area is 165 Å². The van der Waals surface area contributed by atoms with Crippen molar-refractivity contribution in [2.24, 2.45) is 0 Å². The summed E-state index contributed by atoms with van der Waals surface area (Å²) in [5.41, 5.74) is 3.64. The van der Waals surface area contributed by atoms with Gasteiger partial charge in [-0.2, -0.15) is 0 Å². The summed E-state index contributed by atoms with van der Waals surface area (Å²) in [6.07, 6.45) is 0.849. The number of carbonyl (C=O) groups is 1. The van der Waals surface area contributed by atoms with Gasteiger partial charge in [-0.25, -0.2) is 0 Å². The largest absolute Gasteiger partial charge is 0.497 e. The van der Waals surface area contributed by atoms with Gasteiger partial charge in [0.05, 0.1) is 20.0 Å². The molecule has 27 heavy (non-hydrogen) atoms. The normalized spacial score (nSPS) is 16.9. The van der Waals surface area contributed by atoms with Crippen molar-refractivity contribution in [2.75, 3.05) is 26.5 Å². The standard InChI is InChI=1S/C22H27NO3S/c1-15(2)17-7-5-16(6-8-17)9-10-23-21(24)14-27-22(23)18-11-19(25-3)13-20(12-18)26-4/h5-8,11-13,15,22H,9-10,14H2,1-4H3/t22-/m1/s1. The van der Waals surface area contributed by atoms with Crippen LogP contribution in [-0.4, -0.2) is 37.3 Å². The molecule has 4 nitrogen and oxygen atoms in total. The van der Waals surface area contributed by atoms with E-state index in [1.165, 1.54) is 11.1 Å². The first-order chi connectivity index (χ1) is 13.0. The van der Waals surface area contributed by atoms with Crippen LogP contribution in [0.25, 0.3) is 0 Å². The third kappa shape index (κ3) is 4.59. The summed E-state index contributed by atoms with van der Waals surface area (Å²) < 4.78 is 10.8. The van der Waals surface area contributed by atoms with Gasteiger partial charge < -0.3 is 14.4 Å². The van der Waals surface area contributed by atoms with E-state index >= 15 is 0 Å².